The van der Waals surface area contributed by atoms with Crippen LogP contribution in [0.15, 0.2) is 42.5 Å². The van der Waals surface area contributed by atoms with Gasteiger partial charge < -0.3 is 9.47 Å². The molecule has 0 aliphatic rings. The number of methoxy groups -OCH3 is 1. The van der Waals surface area contributed by atoms with Crippen molar-refractivity contribution in [2.75, 3.05) is 7.11 Å². The predicted octanol–water partition coefficient (Wildman–Crippen LogP) is 3.21. The number of hydrogen-bond acceptors (Lipinski definition) is 4. The van der Waals surface area contributed by atoms with E-state index < -0.39 is 11.8 Å². The van der Waals surface area contributed by atoms with E-state index in [4.69, 9.17) is 21.1 Å². The van der Waals surface area contributed by atoms with Gasteiger partial charge in [-0.05, 0) is 56.3 Å². The summed E-state index contributed by atoms with van der Waals surface area (Å²) in [6.07, 6.45) is -0.0211. The zero-order chi connectivity index (χ0) is 18.4. The van der Waals surface area contributed by atoms with Crippen molar-refractivity contribution in [3.05, 3.63) is 58.6 Å². The van der Waals surface area contributed by atoms with Crippen molar-refractivity contribution < 1.29 is 19.1 Å². The number of halogens is 1. The molecule has 132 valence electrons. The zero-order valence-electron chi connectivity index (χ0n) is 14.1. The molecule has 0 unspecified atom stereocenters. The molecule has 6 nitrogen and oxygen atoms in total. The quantitative estimate of drug-likeness (QED) is 0.801. The first-order chi connectivity index (χ1) is 11.9. The Bertz CT molecular complexity index is 760. The summed E-state index contributed by atoms with van der Waals surface area (Å²) in [5.41, 5.74) is 5.40. The summed E-state index contributed by atoms with van der Waals surface area (Å²) in [5, 5.41) is 0.524. The van der Waals surface area contributed by atoms with Crippen molar-refractivity contribution in [2.24, 2.45) is 0 Å². The highest BCUT2D eigenvalue weighted by Gasteiger charge is 2.13. The number of hydrogen-bond donors (Lipinski definition) is 2. The number of carbonyl (C=O) groups is 2. The Morgan fingerprint density at radius 2 is 1.48 bits per heavy atom. The second-order valence-corrected chi connectivity index (χ2v) is 5.88. The van der Waals surface area contributed by atoms with Gasteiger partial charge in [-0.15, -0.1) is 0 Å². The molecule has 0 heterocycles. The van der Waals surface area contributed by atoms with Crippen LogP contribution in [0, 0.1) is 0 Å². The van der Waals surface area contributed by atoms with Crippen LogP contribution in [0.25, 0.3) is 0 Å². The summed E-state index contributed by atoms with van der Waals surface area (Å²) in [6.45, 7) is 3.79. The van der Waals surface area contributed by atoms with Gasteiger partial charge in [-0.2, -0.15) is 0 Å². The van der Waals surface area contributed by atoms with Crippen LogP contribution in [-0.2, 0) is 0 Å². The highest BCUT2D eigenvalue weighted by atomic mass is 35.5. The third-order valence-corrected chi connectivity index (χ3v) is 3.44. The molecule has 0 bridgehead atoms. The van der Waals surface area contributed by atoms with Gasteiger partial charge in [-0.25, -0.2) is 0 Å². The number of rotatable bonds is 5. The molecule has 2 N–H and O–H groups in total. The molecule has 0 aliphatic carbocycles. The smallest absolute Gasteiger partial charge is 0.269 e. The van der Waals surface area contributed by atoms with E-state index >= 15 is 0 Å². The van der Waals surface area contributed by atoms with Crippen LogP contribution < -0.4 is 20.3 Å². The van der Waals surface area contributed by atoms with E-state index in [1.807, 2.05) is 13.8 Å². The van der Waals surface area contributed by atoms with Gasteiger partial charge >= 0.3 is 0 Å². The molecule has 7 heteroatoms. The maximum absolute atomic E-state index is 12.2. The average molecular weight is 363 g/mol. The molecule has 0 saturated heterocycles. The van der Waals surface area contributed by atoms with Crippen LogP contribution in [0.3, 0.4) is 0 Å². The number of hydrazine groups is 1. The molecule has 2 rings (SSSR count). The summed E-state index contributed by atoms with van der Waals surface area (Å²) in [5.74, 6) is 0.0538. The van der Waals surface area contributed by atoms with Gasteiger partial charge in [0.25, 0.3) is 11.8 Å². The molecule has 0 radical (unpaired) electrons. The van der Waals surface area contributed by atoms with E-state index in [0.717, 1.165) is 0 Å². The fraction of sp³-hybridized carbons (Fsp3) is 0.222. The van der Waals surface area contributed by atoms with Gasteiger partial charge in [0.2, 0.25) is 0 Å². The second kappa shape index (κ2) is 8.39. The van der Waals surface area contributed by atoms with Crippen LogP contribution in [0.1, 0.15) is 34.6 Å². The zero-order valence-corrected chi connectivity index (χ0v) is 14.9. The van der Waals surface area contributed by atoms with Crippen LogP contribution in [0.2, 0.25) is 5.02 Å². The summed E-state index contributed by atoms with van der Waals surface area (Å²) in [4.78, 5) is 24.2. The molecule has 0 fully saturated rings. The van der Waals surface area contributed by atoms with Crippen LogP contribution in [-0.4, -0.2) is 25.0 Å². The Balaban J connectivity index is 2.02. The molecule has 0 aliphatic heterocycles. The predicted molar refractivity (Wildman–Crippen MR) is 95.1 cm³/mol. The number of benzene rings is 2. The van der Waals surface area contributed by atoms with Gasteiger partial charge in [-0.1, -0.05) is 11.6 Å². The molecule has 0 atom stereocenters. The summed E-state index contributed by atoms with van der Waals surface area (Å²) in [7, 11) is 1.49. The highest BCUT2D eigenvalue weighted by molar-refractivity contribution is 6.30. The van der Waals surface area contributed by atoms with Crippen molar-refractivity contribution in [3.8, 4) is 11.5 Å². The maximum Gasteiger partial charge on any atom is 0.269 e. The van der Waals surface area contributed by atoms with E-state index in [1.54, 1.807) is 42.5 Å². The average Bonchev–Trinajstić information content (AvgIpc) is 2.59. The molecule has 0 aromatic heterocycles. The van der Waals surface area contributed by atoms with Crippen molar-refractivity contribution in [1.82, 2.24) is 10.9 Å². The Kier molecular flexibility index (Phi) is 6.25. The summed E-state index contributed by atoms with van der Waals surface area (Å²) in [6, 6.07) is 11.1. The molecule has 2 aromatic rings. The highest BCUT2D eigenvalue weighted by Crippen LogP contribution is 2.28. The summed E-state index contributed by atoms with van der Waals surface area (Å²) >= 11 is 5.77. The number of ether oxygens (including phenoxy) is 2. The molecule has 0 spiro atoms. The fourth-order valence-electron chi connectivity index (χ4n) is 2.02. The Hall–Kier alpha value is -2.73. The van der Waals surface area contributed by atoms with E-state index in [2.05, 4.69) is 10.9 Å². The SMILES string of the molecule is COc1cc(C(=O)NNC(=O)c2ccc(Cl)cc2)ccc1OC(C)C. The molecular formula is C18H19ClN2O4. The van der Waals surface area contributed by atoms with Crippen molar-refractivity contribution >= 4 is 23.4 Å². The maximum atomic E-state index is 12.2. The standard InChI is InChI=1S/C18H19ClN2O4/c1-11(2)25-15-9-6-13(10-16(15)24-3)18(23)21-20-17(22)12-4-7-14(19)8-5-12/h4-11H,1-3H3,(H,20,22)(H,21,23). The van der Waals surface area contributed by atoms with Gasteiger partial charge in [0.1, 0.15) is 0 Å². The van der Waals surface area contributed by atoms with Crippen LogP contribution in [0.5, 0.6) is 11.5 Å². The number of nitrogens with one attached hydrogen (secondary N) is 2. The minimum Gasteiger partial charge on any atom is -0.493 e. The third-order valence-electron chi connectivity index (χ3n) is 3.18. The van der Waals surface area contributed by atoms with E-state index in [0.29, 0.717) is 27.6 Å². The van der Waals surface area contributed by atoms with Gasteiger partial charge in [-0.3, -0.25) is 20.4 Å². The minimum atomic E-state index is -0.475. The first-order valence-electron chi connectivity index (χ1n) is 7.61. The topological polar surface area (TPSA) is 76.7 Å². The molecule has 25 heavy (non-hydrogen) atoms. The largest absolute Gasteiger partial charge is 0.493 e. The Morgan fingerprint density at radius 1 is 0.920 bits per heavy atom. The first kappa shape index (κ1) is 18.6. The molecule has 0 saturated carbocycles. The van der Waals surface area contributed by atoms with Gasteiger partial charge in [0, 0.05) is 16.1 Å². The van der Waals surface area contributed by atoms with E-state index in [-0.39, 0.29) is 6.10 Å². The van der Waals surface area contributed by atoms with Crippen molar-refractivity contribution in [2.45, 2.75) is 20.0 Å². The number of amides is 2. The van der Waals surface area contributed by atoms with Gasteiger partial charge in [0.05, 0.1) is 13.2 Å². The minimum absolute atomic E-state index is 0.0211. The fourth-order valence-corrected chi connectivity index (χ4v) is 2.15. The summed E-state index contributed by atoms with van der Waals surface area (Å²) < 4.78 is 10.8. The normalized spacial score (nSPS) is 10.3. The molecule has 2 aromatic carbocycles. The lowest BCUT2D eigenvalue weighted by molar-refractivity contribution is 0.0846. The molecule has 2 amide bonds. The van der Waals surface area contributed by atoms with E-state index in [1.165, 1.54) is 7.11 Å². The first-order valence-corrected chi connectivity index (χ1v) is 7.99. The number of carbonyl (C=O) groups excluding carboxylic acids is 2. The van der Waals surface area contributed by atoms with Gasteiger partial charge in [0.15, 0.2) is 11.5 Å². The van der Waals surface area contributed by atoms with Crippen LogP contribution in [0.4, 0.5) is 0 Å². The Labute approximate surface area is 151 Å². The third kappa shape index (κ3) is 5.12. The van der Waals surface area contributed by atoms with Crippen molar-refractivity contribution in [1.29, 1.82) is 0 Å². The lowest BCUT2D eigenvalue weighted by atomic mass is 10.2. The molecular weight excluding hydrogens is 344 g/mol. The lowest BCUT2D eigenvalue weighted by Crippen LogP contribution is -2.41. The van der Waals surface area contributed by atoms with Crippen LogP contribution >= 0.6 is 11.6 Å². The second-order valence-electron chi connectivity index (χ2n) is 5.45. The lowest BCUT2D eigenvalue weighted by Gasteiger charge is -2.14. The monoisotopic (exact) mass is 362 g/mol. The van der Waals surface area contributed by atoms with E-state index in [9.17, 15) is 9.59 Å². The Morgan fingerprint density at radius 3 is 2.04 bits per heavy atom. The van der Waals surface area contributed by atoms with Crippen molar-refractivity contribution in [3.63, 3.8) is 0 Å².